The van der Waals surface area contributed by atoms with Crippen molar-refractivity contribution in [1.82, 2.24) is 9.78 Å². The molecule has 0 aliphatic rings. The first-order valence-electron chi connectivity index (χ1n) is 5.95. The van der Waals surface area contributed by atoms with Gasteiger partial charge in [-0.2, -0.15) is 5.10 Å². The molecule has 0 aliphatic heterocycles. The quantitative estimate of drug-likeness (QED) is 0.776. The normalized spacial score (nSPS) is 10.3. The molecule has 2 rings (SSSR count). The maximum absolute atomic E-state index is 11.9. The Morgan fingerprint density at radius 2 is 2.11 bits per heavy atom. The molecule has 0 N–H and O–H groups in total. The summed E-state index contributed by atoms with van der Waals surface area (Å²) in [6, 6.07) is 9.53. The van der Waals surface area contributed by atoms with Crippen LogP contribution in [0.1, 0.15) is 28.5 Å². The number of benzene rings is 1. The zero-order valence-electron chi connectivity index (χ0n) is 10.6. The molecule has 0 bridgehead atoms. The van der Waals surface area contributed by atoms with Crippen LogP contribution in [0.4, 0.5) is 0 Å². The number of ether oxygens (including phenoxy) is 1. The van der Waals surface area contributed by atoms with Crippen LogP contribution in [0.15, 0.2) is 36.5 Å². The summed E-state index contributed by atoms with van der Waals surface area (Å²) in [7, 11) is 0. The van der Waals surface area contributed by atoms with Gasteiger partial charge in [-0.25, -0.2) is 4.79 Å². The highest BCUT2D eigenvalue weighted by molar-refractivity contribution is 5.87. The molecule has 1 aromatic carbocycles. The Hall–Kier alpha value is -2.10. The van der Waals surface area contributed by atoms with Gasteiger partial charge in [0.2, 0.25) is 0 Å². The molecule has 0 atom stereocenters. The number of carbonyl (C=O) groups is 1. The molecule has 1 aromatic heterocycles. The zero-order chi connectivity index (χ0) is 13.0. The molecule has 0 amide bonds. The minimum atomic E-state index is -0.336. The second kappa shape index (κ2) is 5.49. The van der Waals surface area contributed by atoms with Crippen LogP contribution in [0.25, 0.3) is 0 Å². The summed E-state index contributed by atoms with van der Waals surface area (Å²) in [6.45, 7) is 4.88. The second-order valence-electron chi connectivity index (χ2n) is 4.03. The van der Waals surface area contributed by atoms with Gasteiger partial charge in [-0.15, -0.1) is 0 Å². The SMILES string of the molecule is CCn1nccc1C(=O)OCc1ccccc1C. The number of rotatable bonds is 4. The van der Waals surface area contributed by atoms with Crippen molar-refractivity contribution in [3.63, 3.8) is 0 Å². The van der Waals surface area contributed by atoms with E-state index >= 15 is 0 Å². The van der Waals surface area contributed by atoms with Crippen molar-refractivity contribution in [2.24, 2.45) is 0 Å². The van der Waals surface area contributed by atoms with Crippen molar-refractivity contribution < 1.29 is 9.53 Å². The monoisotopic (exact) mass is 244 g/mol. The van der Waals surface area contributed by atoms with Crippen LogP contribution >= 0.6 is 0 Å². The summed E-state index contributed by atoms with van der Waals surface area (Å²) in [5.74, 6) is -0.336. The molecule has 0 saturated heterocycles. The van der Waals surface area contributed by atoms with Crippen molar-refractivity contribution in [3.05, 3.63) is 53.3 Å². The van der Waals surface area contributed by atoms with E-state index in [0.29, 0.717) is 18.8 Å². The fourth-order valence-electron chi connectivity index (χ4n) is 1.75. The van der Waals surface area contributed by atoms with Crippen LogP contribution in [-0.4, -0.2) is 15.7 Å². The van der Waals surface area contributed by atoms with Crippen molar-refractivity contribution >= 4 is 5.97 Å². The van der Waals surface area contributed by atoms with E-state index in [1.54, 1.807) is 16.9 Å². The van der Waals surface area contributed by atoms with Crippen molar-refractivity contribution in [1.29, 1.82) is 0 Å². The zero-order valence-corrected chi connectivity index (χ0v) is 10.6. The predicted octanol–water partition coefficient (Wildman–Crippen LogP) is 2.57. The standard InChI is InChI=1S/C14H16N2O2/c1-3-16-13(8-9-15-16)14(17)18-10-12-7-5-4-6-11(12)2/h4-9H,3,10H2,1-2H3. The van der Waals surface area contributed by atoms with E-state index in [4.69, 9.17) is 4.74 Å². The summed E-state index contributed by atoms with van der Waals surface area (Å²) in [6.07, 6.45) is 1.61. The predicted molar refractivity (Wildman–Crippen MR) is 68.2 cm³/mol. The van der Waals surface area contributed by atoms with Crippen molar-refractivity contribution in [2.45, 2.75) is 27.0 Å². The Morgan fingerprint density at radius 3 is 2.83 bits per heavy atom. The molecule has 94 valence electrons. The van der Waals surface area contributed by atoms with E-state index in [0.717, 1.165) is 11.1 Å². The average Bonchev–Trinajstić information content (AvgIpc) is 2.86. The second-order valence-corrected chi connectivity index (χ2v) is 4.03. The molecule has 0 spiro atoms. The minimum Gasteiger partial charge on any atom is -0.456 e. The van der Waals surface area contributed by atoms with Crippen LogP contribution in [0.3, 0.4) is 0 Å². The van der Waals surface area contributed by atoms with E-state index < -0.39 is 0 Å². The largest absolute Gasteiger partial charge is 0.456 e. The highest BCUT2D eigenvalue weighted by Gasteiger charge is 2.12. The lowest BCUT2D eigenvalue weighted by Gasteiger charge is -2.08. The van der Waals surface area contributed by atoms with Gasteiger partial charge >= 0.3 is 5.97 Å². The lowest BCUT2D eigenvalue weighted by Crippen LogP contribution is -2.12. The van der Waals surface area contributed by atoms with Crippen LogP contribution in [0.5, 0.6) is 0 Å². The van der Waals surface area contributed by atoms with E-state index in [-0.39, 0.29) is 5.97 Å². The fourth-order valence-corrected chi connectivity index (χ4v) is 1.75. The molecule has 1 heterocycles. The van der Waals surface area contributed by atoms with Gasteiger partial charge in [0.05, 0.1) is 0 Å². The maximum atomic E-state index is 11.9. The Bertz CT molecular complexity index is 546. The van der Waals surface area contributed by atoms with Gasteiger partial charge < -0.3 is 4.74 Å². The van der Waals surface area contributed by atoms with Gasteiger partial charge in [0.25, 0.3) is 0 Å². The number of esters is 1. The highest BCUT2D eigenvalue weighted by Crippen LogP contribution is 2.10. The Morgan fingerprint density at radius 1 is 1.33 bits per heavy atom. The molecule has 0 saturated carbocycles. The summed E-state index contributed by atoms with van der Waals surface area (Å²) in [5.41, 5.74) is 2.63. The first-order valence-corrected chi connectivity index (χ1v) is 5.95. The number of carbonyl (C=O) groups excluding carboxylic acids is 1. The van der Waals surface area contributed by atoms with Gasteiger partial charge in [0, 0.05) is 12.7 Å². The third-order valence-electron chi connectivity index (χ3n) is 2.85. The molecular weight excluding hydrogens is 228 g/mol. The van der Waals surface area contributed by atoms with E-state index in [1.807, 2.05) is 38.1 Å². The van der Waals surface area contributed by atoms with Gasteiger partial charge in [-0.3, -0.25) is 4.68 Å². The van der Waals surface area contributed by atoms with Crippen LogP contribution in [0.2, 0.25) is 0 Å². The number of nitrogens with zero attached hydrogens (tertiary/aromatic N) is 2. The van der Waals surface area contributed by atoms with E-state index in [1.165, 1.54) is 0 Å². The topological polar surface area (TPSA) is 44.1 Å². The molecule has 0 radical (unpaired) electrons. The molecule has 4 heteroatoms. The summed E-state index contributed by atoms with van der Waals surface area (Å²) in [5, 5.41) is 4.04. The van der Waals surface area contributed by atoms with Gasteiger partial charge in [-0.05, 0) is 31.0 Å². The number of hydrogen-bond acceptors (Lipinski definition) is 3. The molecule has 4 nitrogen and oxygen atoms in total. The molecule has 0 unspecified atom stereocenters. The molecule has 0 fully saturated rings. The summed E-state index contributed by atoms with van der Waals surface area (Å²) in [4.78, 5) is 11.9. The molecule has 2 aromatic rings. The van der Waals surface area contributed by atoms with Crippen molar-refractivity contribution in [3.8, 4) is 0 Å². The summed E-state index contributed by atoms with van der Waals surface area (Å²) < 4.78 is 6.92. The first kappa shape index (κ1) is 12.4. The van der Waals surface area contributed by atoms with Gasteiger partial charge in [0.1, 0.15) is 12.3 Å². The van der Waals surface area contributed by atoms with Crippen molar-refractivity contribution in [2.75, 3.05) is 0 Å². The van der Waals surface area contributed by atoms with Gasteiger partial charge in [0.15, 0.2) is 0 Å². The lowest BCUT2D eigenvalue weighted by molar-refractivity contribution is 0.0457. The number of hydrogen-bond donors (Lipinski definition) is 0. The highest BCUT2D eigenvalue weighted by atomic mass is 16.5. The van der Waals surface area contributed by atoms with Crippen LogP contribution in [0, 0.1) is 6.92 Å². The Labute approximate surface area is 106 Å². The third kappa shape index (κ3) is 2.59. The first-order chi connectivity index (χ1) is 8.72. The Balaban J connectivity index is 2.03. The minimum absolute atomic E-state index is 0.292. The fraction of sp³-hybridized carbons (Fsp3) is 0.286. The smallest absolute Gasteiger partial charge is 0.356 e. The van der Waals surface area contributed by atoms with Gasteiger partial charge in [-0.1, -0.05) is 24.3 Å². The Kier molecular flexibility index (Phi) is 3.77. The average molecular weight is 244 g/mol. The molecule has 0 aliphatic carbocycles. The third-order valence-corrected chi connectivity index (χ3v) is 2.85. The lowest BCUT2D eigenvalue weighted by atomic mass is 10.1. The number of aryl methyl sites for hydroxylation is 2. The van der Waals surface area contributed by atoms with Crippen LogP contribution < -0.4 is 0 Å². The molecule has 18 heavy (non-hydrogen) atoms. The molecular formula is C14H16N2O2. The number of aromatic nitrogens is 2. The van der Waals surface area contributed by atoms with E-state index in [9.17, 15) is 4.79 Å². The maximum Gasteiger partial charge on any atom is 0.356 e. The summed E-state index contributed by atoms with van der Waals surface area (Å²) >= 11 is 0. The van der Waals surface area contributed by atoms with Crippen LogP contribution in [-0.2, 0) is 17.9 Å². The van der Waals surface area contributed by atoms with E-state index in [2.05, 4.69) is 5.10 Å².